The summed E-state index contributed by atoms with van der Waals surface area (Å²) >= 11 is 0. The molecule has 3 aromatic carbocycles. The number of anilines is 3. The summed E-state index contributed by atoms with van der Waals surface area (Å²) < 4.78 is 31.8. The second kappa shape index (κ2) is 14.9. The molecule has 12 heteroatoms. The van der Waals surface area contributed by atoms with Crippen molar-refractivity contribution in [2.75, 3.05) is 29.4 Å². The minimum Gasteiger partial charge on any atom is -0.388 e. The van der Waals surface area contributed by atoms with Gasteiger partial charge in [-0.2, -0.15) is 0 Å². The van der Waals surface area contributed by atoms with Gasteiger partial charge in [-0.05, 0) is 134 Å². The van der Waals surface area contributed by atoms with Crippen molar-refractivity contribution in [3.05, 3.63) is 117 Å². The number of piperidine rings is 2. The molecule has 10 nitrogen and oxygen atoms in total. The number of carbonyl (C=O) groups is 3. The molecular weight excluding hydrogens is 739 g/mol. The van der Waals surface area contributed by atoms with Crippen LogP contribution in [-0.4, -0.2) is 58.9 Å². The molecule has 1 aliphatic carbocycles. The molecule has 3 amide bonds. The van der Waals surface area contributed by atoms with Gasteiger partial charge in [0.1, 0.15) is 6.04 Å². The molecule has 4 aliphatic heterocycles. The number of rotatable bonds is 9. The molecule has 0 spiro atoms. The summed E-state index contributed by atoms with van der Waals surface area (Å²) in [7, 11) is 1.81. The number of imide groups is 1. The highest BCUT2D eigenvalue weighted by Crippen LogP contribution is 2.46. The van der Waals surface area contributed by atoms with E-state index < -0.39 is 18.4 Å². The Labute approximate surface area is 337 Å². The molecule has 2 saturated heterocycles. The van der Waals surface area contributed by atoms with E-state index in [1.165, 1.54) is 5.56 Å². The fourth-order valence-corrected chi connectivity index (χ4v) is 9.44. The smallest absolute Gasteiger partial charge is 0.264 e. The lowest BCUT2D eigenvalue weighted by Gasteiger charge is -2.34. The van der Waals surface area contributed by atoms with E-state index in [9.17, 15) is 19.2 Å². The van der Waals surface area contributed by atoms with Crippen LogP contribution in [0.4, 0.5) is 25.8 Å². The molecule has 302 valence electrons. The molecule has 58 heavy (non-hydrogen) atoms. The van der Waals surface area contributed by atoms with E-state index in [4.69, 9.17) is 0 Å². The number of nitrogens with one attached hydrogen (secondary N) is 2. The fourth-order valence-electron chi connectivity index (χ4n) is 9.44. The van der Waals surface area contributed by atoms with E-state index in [2.05, 4.69) is 39.1 Å². The maximum atomic E-state index is 15.1. The summed E-state index contributed by atoms with van der Waals surface area (Å²) in [6.07, 6.45) is 6.80. The zero-order chi connectivity index (χ0) is 40.4. The van der Waals surface area contributed by atoms with Gasteiger partial charge in [-0.1, -0.05) is 12.7 Å². The van der Waals surface area contributed by atoms with Gasteiger partial charge in [0.25, 0.3) is 17.9 Å². The number of hydrogen-bond acceptors (Lipinski definition) is 7. The zero-order valence-corrected chi connectivity index (χ0v) is 33.0. The van der Waals surface area contributed by atoms with Gasteiger partial charge in [-0.15, -0.1) is 0 Å². The van der Waals surface area contributed by atoms with Gasteiger partial charge in [0.2, 0.25) is 11.8 Å². The van der Waals surface area contributed by atoms with Crippen molar-refractivity contribution < 1.29 is 24.6 Å². The average Bonchev–Trinajstić information content (AvgIpc) is 4.03. The topological polar surface area (TPSA) is 107 Å². The summed E-state index contributed by atoms with van der Waals surface area (Å²) in [5, 5.41) is 6.82. The quantitative estimate of drug-likeness (QED) is 0.133. The van der Waals surface area contributed by atoms with Gasteiger partial charge in [0.15, 0.2) is 0 Å². The molecule has 1 unspecified atom stereocenters. The third kappa shape index (κ3) is 6.75. The first-order chi connectivity index (χ1) is 28.0. The van der Waals surface area contributed by atoms with Crippen LogP contribution in [0.1, 0.15) is 102 Å². The number of carbonyl (C=O) groups excluding carboxylic acids is 3. The lowest BCUT2D eigenvalue weighted by Crippen LogP contribution is -2.52. The van der Waals surface area contributed by atoms with E-state index in [1.54, 1.807) is 21.6 Å². The van der Waals surface area contributed by atoms with Gasteiger partial charge < -0.3 is 24.6 Å². The number of pyridine rings is 1. The predicted molar refractivity (Wildman–Crippen MR) is 224 cm³/mol. The number of nitrogens with zero attached hydrogens (tertiary/aromatic N) is 4. The van der Waals surface area contributed by atoms with Crippen LogP contribution in [0.25, 0.3) is 16.5 Å². The molecule has 1 saturated carbocycles. The number of hydrogen-bond donors (Lipinski definition) is 2. The number of fused-ring (bicyclic) bond motifs is 3. The van der Waals surface area contributed by atoms with Crippen LogP contribution < -0.4 is 26.0 Å². The molecule has 5 heterocycles. The third-order valence-corrected chi connectivity index (χ3v) is 12.8. The van der Waals surface area contributed by atoms with Gasteiger partial charge in [-0.25, -0.2) is 8.78 Å². The highest BCUT2D eigenvalue weighted by Gasteiger charge is 2.39. The molecule has 1 aromatic heterocycles. The average molecular weight is 789 g/mol. The van der Waals surface area contributed by atoms with Crippen molar-refractivity contribution in [1.29, 1.82) is 0 Å². The summed E-state index contributed by atoms with van der Waals surface area (Å²) in [4.78, 5) is 56.3. The predicted octanol–water partition coefficient (Wildman–Crippen LogP) is 7.54. The Kier molecular flexibility index (Phi) is 9.68. The first-order valence-electron chi connectivity index (χ1n) is 20.5. The summed E-state index contributed by atoms with van der Waals surface area (Å²) in [6, 6.07) is 15.2. The second-order valence-electron chi connectivity index (χ2n) is 16.5. The number of aromatic nitrogens is 1. The number of aryl methyl sites for hydroxylation is 3. The Morgan fingerprint density at radius 1 is 0.931 bits per heavy atom. The number of allylic oxidation sites excluding steroid dienone is 2. The summed E-state index contributed by atoms with van der Waals surface area (Å²) in [5.41, 5.74) is 8.96. The molecule has 0 bridgehead atoms. The van der Waals surface area contributed by atoms with Crippen LogP contribution in [-0.2, 0) is 29.6 Å². The maximum absolute atomic E-state index is 15.1. The van der Waals surface area contributed by atoms with Gasteiger partial charge in [0.05, 0.1) is 11.2 Å². The van der Waals surface area contributed by atoms with E-state index in [1.807, 2.05) is 50.5 Å². The van der Waals surface area contributed by atoms with Gasteiger partial charge in [-0.3, -0.25) is 24.5 Å². The van der Waals surface area contributed by atoms with E-state index in [-0.39, 0.29) is 36.8 Å². The highest BCUT2D eigenvalue weighted by molar-refractivity contribution is 6.05. The molecular formula is C46H50F2N6O4. The largest absolute Gasteiger partial charge is 0.388 e. The van der Waals surface area contributed by atoms with Crippen molar-refractivity contribution in [1.82, 2.24) is 20.1 Å². The first-order valence-corrected chi connectivity index (χ1v) is 20.5. The molecule has 9 rings (SSSR count). The van der Waals surface area contributed by atoms with Crippen molar-refractivity contribution in [3.63, 3.8) is 0 Å². The molecule has 2 N–H and O–H groups in total. The first kappa shape index (κ1) is 37.8. The Morgan fingerprint density at radius 2 is 1.72 bits per heavy atom. The number of benzene rings is 3. The second-order valence-corrected chi connectivity index (χ2v) is 16.5. The Hall–Kier alpha value is -5.78. The van der Waals surface area contributed by atoms with Gasteiger partial charge >= 0.3 is 0 Å². The highest BCUT2D eigenvalue weighted by atomic mass is 19.3. The number of amides is 3. The Bertz CT molecular complexity index is 2490. The van der Waals surface area contributed by atoms with Crippen LogP contribution in [0, 0.1) is 6.92 Å². The van der Waals surface area contributed by atoms with Crippen molar-refractivity contribution in [2.45, 2.75) is 89.3 Å². The maximum Gasteiger partial charge on any atom is 0.264 e. The normalized spacial score (nSPS) is 20.2. The summed E-state index contributed by atoms with van der Waals surface area (Å²) in [5.74, 6) is -0.466. The van der Waals surface area contributed by atoms with Crippen molar-refractivity contribution >= 4 is 51.3 Å². The number of alkyl halides is 2. The minimum atomic E-state index is -2.70. The van der Waals surface area contributed by atoms with Crippen molar-refractivity contribution in [2.24, 2.45) is 7.05 Å². The van der Waals surface area contributed by atoms with Crippen LogP contribution in [0.15, 0.2) is 72.2 Å². The molecule has 1 atom stereocenters. The zero-order valence-electron chi connectivity index (χ0n) is 33.0. The SMILES string of the molecule is C=C/C(=C\NC1CCN(c2ccc3c(c2)CN(C2CCC(=O)NC2=O)C3=O)CC1)c1cc2c(cc1C(F)F)N(c1cc(C3CC3)cc3c1cc(C)c(=O)n3C)CCC2.[HH]. The van der Waals surface area contributed by atoms with Gasteiger partial charge in [0, 0.05) is 86.8 Å². The Morgan fingerprint density at radius 3 is 2.45 bits per heavy atom. The minimum absolute atomic E-state index is 0. The molecule has 0 radical (unpaired) electrons. The number of halogens is 2. The monoisotopic (exact) mass is 788 g/mol. The van der Waals surface area contributed by atoms with Crippen LogP contribution in [0.5, 0.6) is 0 Å². The fraction of sp³-hybridized carbons (Fsp3) is 0.391. The summed E-state index contributed by atoms with van der Waals surface area (Å²) in [6.45, 7) is 8.40. The van der Waals surface area contributed by atoms with Crippen LogP contribution >= 0.6 is 0 Å². The van der Waals surface area contributed by atoms with E-state index in [0.717, 1.165) is 90.7 Å². The Balaban J connectivity index is 0.00000484. The lowest BCUT2D eigenvalue weighted by atomic mass is 9.91. The van der Waals surface area contributed by atoms with Crippen molar-refractivity contribution in [3.8, 4) is 0 Å². The molecule has 4 aromatic rings. The lowest BCUT2D eigenvalue weighted by molar-refractivity contribution is -0.136. The molecule has 5 aliphatic rings. The van der Waals surface area contributed by atoms with E-state index in [0.29, 0.717) is 47.7 Å². The standard InChI is InChI=1S/C46H48F2N6O4.H2/c1-4-27(24-49-32-13-16-52(17-14-32)33-9-10-34-31(19-33)25-54(46(34)58)38-11-12-42(55)50-44(38)56)35-20-29-6-5-15-53(39(29)23-36(35)43(47)48)41-22-30(28-7-8-28)21-40-37(41)18-26(2)45(57)51(40)3;/h4,9-10,18-24,28,32,38,43,49H,1,5-8,11-17,25H2,2-3H3,(H,50,55,56);1H/b27-24+;. The van der Waals surface area contributed by atoms with Crippen LogP contribution in [0.2, 0.25) is 0 Å². The van der Waals surface area contributed by atoms with Crippen LogP contribution in [0.3, 0.4) is 0 Å². The molecule has 3 fully saturated rings. The van der Waals surface area contributed by atoms with E-state index >= 15 is 8.78 Å². The third-order valence-electron chi connectivity index (χ3n) is 12.8.